The van der Waals surface area contributed by atoms with Crippen LogP contribution in [0.4, 0.5) is 13.2 Å². The van der Waals surface area contributed by atoms with Crippen LogP contribution in [-0.4, -0.2) is 11.0 Å². The van der Waals surface area contributed by atoms with E-state index in [-0.39, 0.29) is 5.56 Å². The first-order chi connectivity index (χ1) is 9.40. The molecule has 0 aliphatic heterocycles. The van der Waals surface area contributed by atoms with Crippen molar-refractivity contribution in [2.24, 2.45) is 0 Å². The van der Waals surface area contributed by atoms with Crippen LogP contribution in [0.5, 0.6) is 0 Å². The Morgan fingerprint density at radius 1 is 1.20 bits per heavy atom. The first-order valence-corrected chi connectivity index (χ1v) is 7.05. The molecule has 6 heteroatoms. The molecule has 1 heterocycles. The van der Waals surface area contributed by atoms with Crippen LogP contribution in [0.3, 0.4) is 0 Å². The van der Waals surface area contributed by atoms with Gasteiger partial charge in [-0.05, 0) is 19.1 Å². The summed E-state index contributed by atoms with van der Waals surface area (Å²) in [5.74, 6) is -3.85. The molecule has 0 unspecified atom stereocenters. The van der Waals surface area contributed by atoms with Gasteiger partial charge in [0.25, 0.3) is 0 Å². The average molecular weight is 300 g/mol. The summed E-state index contributed by atoms with van der Waals surface area (Å²) in [7, 11) is 0. The van der Waals surface area contributed by atoms with Gasteiger partial charge in [0.05, 0.1) is 5.69 Å². The van der Waals surface area contributed by atoms with Crippen LogP contribution in [0.1, 0.15) is 24.4 Å². The van der Waals surface area contributed by atoms with E-state index in [9.17, 15) is 13.2 Å². The monoisotopic (exact) mass is 300 g/mol. The second-order valence-electron chi connectivity index (χ2n) is 4.79. The van der Waals surface area contributed by atoms with Gasteiger partial charge < -0.3 is 5.32 Å². The predicted octanol–water partition coefficient (Wildman–Crippen LogP) is 4.03. The summed E-state index contributed by atoms with van der Waals surface area (Å²) in [6, 6.07) is 2.45. The van der Waals surface area contributed by atoms with Gasteiger partial charge in [0.2, 0.25) is 0 Å². The molecule has 1 N–H and O–H groups in total. The average Bonchev–Trinajstić information content (AvgIpc) is 2.75. The van der Waals surface area contributed by atoms with Crippen molar-refractivity contribution in [1.82, 2.24) is 10.3 Å². The Bertz CT molecular complexity index is 623. The molecule has 0 saturated carbocycles. The number of hydrogen-bond donors (Lipinski definition) is 1. The highest BCUT2D eigenvalue weighted by Gasteiger charge is 2.18. The Morgan fingerprint density at radius 2 is 1.90 bits per heavy atom. The van der Waals surface area contributed by atoms with Gasteiger partial charge in [-0.3, -0.25) is 0 Å². The van der Waals surface area contributed by atoms with Crippen molar-refractivity contribution >= 4 is 11.3 Å². The van der Waals surface area contributed by atoms with Crippen molar-refractivity contribution in [2.75, 3.05) is 0 Å². The summed E-state index contributed by atoms with van der Waals surface area (Å²) in [6.45, 7) is 6.47. The minimum absolute atomic E-state index is 0.00667. The fourth-order valence-electron chi connectivity index (χ4n) is 1.70. The highest BCUT2D eigenvalue weighted by molar-refractivity contribution is 7.15. The molecule has 0 fully saturated rings. The van der Waals surface area contributed by atoms with Crippen LogP contribution in [0.25, 0.3) is 10.6 Å². The van der Waals surface area contributed by atoms with E-state index in [2.05, 4.69) is 10.3 Å². The molecule has 0 aliphatic carbocycles. The van der Waals surface area contributed by atoms with Gasteiger partial charge in [0.15, 0.2) is 17.5 Å². The summed E-state index contributed by atoms with van der Waals surface area (Å²) in [6.07, 6.45) is 0. The molecule has 0 aliphatic rings. The summed E-state index contributed by atoms with van der Waals surface area (Å²) < 4.78 is 39.9. The summed E-state index contributed by atoms with van der Waals surface area (Å²) in [5, 5.41) is 3.61. The van der Waals surface area contributed by atoms with Crippen LogP contribution in [-0.2, 0) is 6.54 Å². The van der Waals surface area contributed by atoms with E-state index >= 15 is 0 Å². The first-order valence-electron chi connectivity index (χ1n) is 6.23. The molecule has 1 aromatic heterocycles. The highest BCUT2D eigenvalue weighted by atomic mass is 32.1. The zero-order chi connectivity index (χ0) is 14.9. The Kier molecular flexibility index (Phi) is 4.45. The topological polar surface area (TPSA) is 24.9 Å². The lowest BCUT2D eigenvalue weighted by atomic mass is 10.2. The van der Waals surface area contributed by atoms with Crippen molar-refractivity contribution in [1.29, 1.82) is 0 Å². The number of nitrogens with zero attached hydrogens (tertiary/aromatic N) is 1. The van der Waals surface area contributed by atoms with Crippen LogP contribution in [0.15, 0.2) is 12.1 Å². The third-order valence-corrected chi connectivity index (χ3v) is 4.02. The molecule has 2 rings (SSSR count). The van der Waals surface area contributed by atoms with Gasteiger partial charge in [-0.15, -0.1) is 11.3 Å². The van der Waals surface area contributed by atoms with Gasteiger partial charge in [0.1, 0.15) is 5.01 Å². The summed E-state index contributed by atoms with van der Waals surface area (Å²) in [4.78, 5) is 5.20. The summed E-state index contributed by atoms with van der Waals surface area (Å²) >= 11 is 1.28. The number of aryl methyl sites for hydroxylation is 1. The molecule has 0 spiro atoms. The van der Waals surface area contributed by atoms with Crippen molar-refractivity contribution in [2.45, 2.75) is 33.4 Å². The van der Waals surface area contributed by atoms with E-state index < -0.39 is 17.5 Å². The second-order valence-corrected chi connectivity index (χ2v) is 5.87. The largest absolute Gasteiger partial charge is 0.310 e. The molecule has 0 amide bonds. The normalized spacial score (nSPS) is 11.3. The Morgan fingerprint density at radius 3 is 2.55 bits per heavy atom. The first kappa shape index (κ1) is 15.0. The zero-order valence-corrected chi connectivity index (χ0v) is 12.2. The maximum atomic E-state index is 13.7. The lowest BCUT2D eigenvalue weighted by Gasteiger charge is -2.05. The summed E-state index contributed by atoms with van der Waals surface area (Å²) in [5.41, 5.74) is 0.759. The number of halogens is 3. The van der Waals surface area contributed by atoms with Crippen molar-refractivity contribution in [3.8, 4) is 10.6 Å². The van der Waals surface area contributed by atoms with Gasteiger partial charge in [-0.1, -0.05) is 13.8 Å². The van der Waals surface area contributed by atoms with Gasteiger partial charge in [-0.25, -0.2) is 18.2 Å². The molecule has 2 aromatic rings. The highest BCUT2D eigenvalue weighted by Crippen LogP contribution is 2.31. The van der Waals surface area contributed by atoms with Crippen LogP contribution < -0.4 is 5.32 Å². The lowest BCUT2D eigenvalue weighted by molar-refractivity contribution is 0.449. The number of aromatic nitrogens is 1. The zero-order valence-electron chi connectivity index (χ0n) is 11.4. The van der Waals surface area contributed by atoms with Crippen molar-refractivity contribution in [3.05, 3.63) is 40.2 Å². The maximum absolute atomic E-state index is 13.7. The molecule has 0 bridgehead atoms. The fraction of sp³-hybridized carbons (Fsp3) is 0.357. The van der Waals surface area contributed by atoms with Crippen molar-refractivity contribution < 1.29 is 13.2 Å². The van der Waals surface area contributed by atoms with Crippen LogP contribution >= 0.6 is 11.3 Å². The molecule has 2 nitrogen and oxygen atoms in total. The van der Waals surface area contributed by atoms with E-state index in [0.29, 0.717) is 17.6 Å². The molecule has 0 radical (unpaired) electrons. The third-order valence-electron chi connectivity index (χ3n) is 2.83. The SMILES string of the molecule is Cc1nc(-c2ccc(F)c(F)c2F)sc1CNC(C)C. The Hall–Kier alpha value is -1.40. The van der Waals surface area contributed by atoms with E-state index in [1.54, 1.807) is 0 Å². The van der Waals surface area contributed by atoms with E-state index in [1.165, 1.54) is 17.4 Å². The number of rotatable bonds is 4. The van der Waals surface area contributed by atoms with E-state index in [4.69, 9.17) is 0 Å². The standard InChI is InChI=1S/C14H15F3N2S/c1-7(2)18-6-11-8(3)19-14(20-11)9-4-5-10(15)13(17)12(9)16/h4-5,7,18H,6H2,1-3H3. The molecule has 0 saturated heterocycles. The third kappa shape index (κ3) is 3.02. The van der Waals surface area contributed by atoms with Crippen LogP contribution in [0, 0.1) is 24.4 Å². The molecule has 0 atom stereocenters. The Labute approximate surface area is 119 Å². The minimum atomic E-state index is -1.46. The number of hydrogen-bond acceptors (Lipinski definition) is 3. The maximum Gasteiger partial charge on any atom is 0.195 e. The molecular formula is C14H15F3N2S. The lowest BCUT2D eigenvalue weighted by Crippen LogP contribution is -2.21. The van der Waals surface area contributed by atoms with Gasteiger partial charge in [-0.2, -0.15) is 0 Å². The molecular weight excluding hydrogens is 285 g/mol. The van der Waals surface area contributed by atoms with Crippen LogP contribution in [0.2, 0.25) is 0 Å². The fourth-order valence-corrected chi connectivity index (χ4v) is 2.73. The predicted molar refractivity (Wildman–Crippen MR) is 74.1 cm³/mol. The van der Waals surface area contributed by atoms with Crippen molar-refractivity contribution in [3.63, 3.8) is 0 Å². The van der Waals surface area contributed by atoms with E-state index in [1.807, 2.05) is 20.8 Å². The number of benzene rings is 1. The smallest absolute Gasteiger partial charge is 0.195 e. The Balaban J connectivity index is 2.35. The molecule has 108 valence electrons. The number of thiazole rings is 1. The number of nitrogens with one attached hydrogen (secondary N) is 1. The van der Waals surface area contributed by atoms with Gasteiger partial charge in [0, 0.05) is 23.0 Å². The second kappa shape index (κ2) is 5.93. The quantitative estimate of drug-likeness (QED) is 0.862. The molecule has 1 aromatic carbocycles. The minimum Gasteiger partial charge on any atom is -0.310 e. The van der Waals surface area contributed by atoms with Gasteiger partial charge >= 0.3 is 0 Å². The molecule has 20 heavy (non-hydrogen) atoms. The van der Waals surface area contributed by atoms with E-state index in [0.717, 1.165) is 16.6 Å².